The molecule has 1 aromatic carbocycles. The number of carbonyl (C=O) groups excluding carboxylic acids is 3. The molecule has 130 valence electrons. The first kappa shape index (κ1) is 18.0. The van der Waals surface area contributed by atoms with Gasteiger partial charge in [0.2, 0.25) is 0 Å². The highest BCUT2D eigenvalue weighted by molar-refractivity contribution is 6.07. The van der Waals surface area contributed by atoms with Crippen LogP contribution in [0, 0.1) is 0 Å². The zero-order chi connectivity index (χ0) is 18.1. The first-order valence-corrected chi connectivity index (χ1v) is 8.00. The van der Waals surface area contributed by atoms with Crippen molar-refractivity contribution in [3.63, 3.8) is 0 Å². The molecule has 1 amide bonds. The second-order valence-electron chi connectivity index (χ2n) is 6.34. The van der Waals surface area contributed by atoms with E-state index in [9.17, 15) is 14.4 Å². The van der Waals surface area contributed by atoms with E-state index in [0.29, 0.717) is 23.4 Å². The minimum atomic E-state index is -1.11. The third kappa shape index (κ3) is 3.13. The molecule has 0 bridgehead atoms. The number of methoxy groups -OCH3 is 1. The molecule has 1 aliphatic heterocycles. The van der Waals surface area contributed by atoms with Gasteiger partial charge in [0.1, 0.15) is 11.8 Å². The fraction of sp³-hybridized carbons (Fsp3) is 0.500. The second-order valence-corrected chi connectivity index (χ2v) is 6.34. The van der Waals surface area contributed by atoms with E-state index in [-0.39, 0.29) is 11.7 Å². The van der Waals surface area contributed by atoms with Crippen LogP contribution in [0.4, 0.5) is 5.69 Å². The van der Waals surface area contributed by atoms with E-state index >= 15 is 0 Å². The molecule has 1 atom stereocenters. The summed E-state index contributed by atoms with van der Waals surface area (Å²) in [7, 11) is 1.27. The lowest BCUT2D eigenvalue weighted by molar-refractivity contribution is -0.145. The predicted molar refractivity (Wildman–Crippen MR) is 89.4 cm³/mol. The molecule has 1 aromatic rings. The van der Waals surface area contributed by atoms with Crippen LogP contribution in [0.2, 0.25) is 0 Å². The molecule has 0 fully saturated rings. The van der Waals surface area contributed by atoms with Crippen LogP contribution in [0.5, 0.6) is 5.75 Å². The molecule has 1 heterocycles. The lowest BCUT2D eigenvalue weighted by Crippen LogP contribution is -2.57. The van der Waals surface area contributed by atoms with Crippen molar-refractivity contribution in [2.24, 2.45) is 0 Å². The van der Waals surface area contributed by atoms with Crippen molar-refractivity contribution in [3.05, 3.63) is 23.8 Å². The molecule has 1 aliphatic rings. The summed E-state index contributed by atoms with van der Waals surface area (Å²) in [5.41, 5.74) is -0.197. The Balaban J connectivity index is 2.54. The van der Waals surface area contributed by atoms with E-state index in [1.54, 1.807) is 39.0 Å². The lowest BCUT2D eigenvalue weighted by atomic mass is 9.99. The SMILES string of the molecule is CCCC(=O)c1ccc2c(c1)N(C(C)C(=O)OC)C(=O)C(C)(C)O2. The maximum Gasteiger partial charge on any atom is 0.328 e. The Morgan fingerprint density at radius 2 is 2.00 bits per heavy atom. The Morgan fingerprint density at radius 3 is 2.58 bits per heavy atom. The number of nitrogens with zero attached hydrogens (tertiary/aromatic N) is 1. The number of ketones is 1. The highest BCUT2D eigenvalue weighted by atomic mass is 16.5. The van der Waals surface area contributed by atoms with E-state index in [1.165, 1.54) is 12.0 Å². The number of carbonyl (C=O) groups is 3. The van der Waals surface area contributed by atoms with Gasteiger partial charge in [-0.3, -0.25) is 14.5 Å². The molecule has 0 radical (unpaired) electrons. The summed E-state index contributed by atoms with van der Waals surface area (Å²) in [5.74, 6) is -0.433. The number of benzene rings is 1. The summed E-state index contributed by atoms with van der Waals surface area (Å²) in [5, 5.41) is 0. The van der Waals surface area contributed by atoms with Gasteiger partial charge >= 0.3 is 5.97 Å². The Kier molecular flexibility index (Phi) is 4.96. The Morgan fingerprint density at radius 1 is 1.33 bits per heavy atom. The molecular formula is C18H23NO5. The third-order valence-corrected chi connectivity index (χ3v) is 4.05. The maximum absolute atomic E-state index is 12.8. The summed E-state index contributed by atoms with van der Waals surface area (Å²) in [6.45, 7) is 6.81. The molecular weight excluding hydrogens is 310 g/mol. The van der Waals surface area contributed by atoms with Crippen molar-refractivity contribution < 1.29 is 23.9 Å². The van der Waals surface area contributed by atoms with Gasteiger partial charge < -0.3 is 9.47 Å². The average Bonchev–Trinajstić information content (AvgIpc) is 2.54. The molecule has 0 saturated carbocycles. The summed E-state index contributed by atoms with van der Waals surface area (Å²) < 4.78 is 10.5. The van der Waals surface area contributed by atoms with Crippen LogP contribution >= 0.6 is 0 Å². The number of hydrogen-bond donors (Lipinski definition) is 0. The van der Waals surface area contributed by atoms with Gasteiger partial charge in [-0.2, -0.15) is 0 Å². The standard InChI is InChI=1S/C18H23NO5/c1-6-7-14(20)12-8-9-15-13(10-12)19(11(2)16(21)23-5)17(22)18(3,4)24-15/h8-11H,6-7H2,1-5H3. The van der Waals surface area contributed by atoms with Gasteiger partial charge in [0.15, 0.2) is 11.4 Å². The lowest BCUT2D eigenvalue weighted by Gasteiger charge is -2.40. The van der Waals surface area contributed by atoms with Crippen LogP contribution in [-0.2, 0) is 14.3 Å². The van der Waals surface area contributed by atoms with Gasteiger partial charge in [-0.15, -0.1) is 0 Å². The number of hydrogen-bond acceptors (Lipinski definition) is 5. The number of ether oxygens (including phenoxy) is 2. The van der Waals surface area contributed by atoms with Crippen molar-refractivity contribution in [2.75, 3.05) is 12.0 Å². The molecule has 0 aromatic heterocycles. The predicted octanol–water partition coefficient (Wildman–Crippen LogP) is 2.73. The van der Waals surface area contributed by atoms with Crippen molar-refractivity contribution in [1.82, 2.24) is 0 Å². The van der Waals surface area contributed by atoms with Crippen molar-refractivity contribution in [1.29, 1.82) is 0 Å². The monoisotopic (exact) mass is 333 g/mol. The molecule has 0 saturated heterocycles. The zero-order valence-electron chi connectivity index (χ0n) is 14.7. The fourth-order valence-electron chi connectivity index (χ4n) is 2.72. The highest BCUT2D eigenvalue weighted by Crippen LogP contribution is 2.39. The van der Waals surface area contributed by atoms with E-state index in [2.05, 4.69) is 0 Å². The number of Topliss-reactive ketones (excluding diaryl/α,β-unsaturated/α-hetero) is 1. The van der Waals surface area contributed by atoms with Crippen LogP contribution in [0.25, 0.3) is 0 Å². The molecule has 1 unspecified atom stereocenters. The van der Waals surface area contributed by atoms with Crippen molar-refractivity contribution in [3.8, 4) is 5.75 Å². The fourth-order valence-corrected chi connectivity index (χ4v) is 2.72. The summed E-state index contributed by atoms with van der Waals surface area (Å²) in [6, 6.07) is 4.15. The van der Waals surface area contributed by atoms with Crippen LogP contribution in [0.15, 0.2) is 18.2 Å². The van der Waals surface area contributed by atoms with E-state index in [4.69, 9.17) is 9.47 Å². The van der Waals surface area contributed by atoms with Gasteiger partial charge in [0.25, 0.3) is 5.91 Å². The van der Waals surface area contributed by atoms with Gasteiger partial charge in [-0.25, -0.2) is 4.79 Å². The number of amides is 1. The summed E-state index contributed by atoms with van der Waals surface area (Å²) >= 11 is 0. The molecule has 6 nitrogen and oxygen atoms in total. The summed E-state index contributed by atoms with van der Waals surface area (Å²) in [4.78, 5) is 38.3. The minimum Gasteiger partial charge on any atom is -0.476 e. The van der Waals surface area contributed by atoms with E-state index < -0.39 is 17.6 Å². The molecule has 24 heavy (non-hydrogen) atoms. The van der Waals surface area contributed by atoms with Crippen LogP contribution < -0.4 is 9.64 Å². The number of fused-ring (bicyclic) bond motifs is 1. The quantitative estimate of drug-likeness (QED) is 0.612. The highest BCUT2D eigenvalue weighted by Gasteiger charge is 2.44. The molecule has 6 heteroatoms. The maximum atomic E-state index is 12.8. The molecule has 0 N–H and O–H groups in total. The van der Waals surface area contributed by atoms with Gasteiger partial charge in [-0.05, 0) is 45.4 Å². The van der Waals surface area contributed by atoms with E-state index in [0.717, 1.165) is 6.42 Å². The van der Waals surface area contributed by atoms with Crippen LogP contribution in [0.1, 0.15) is 50.9 Å². The molecule has 0 aliphatic carbocycles. The normalized spacial score (nSPS) is 16.9. The Bertz CT molecular complexity index is 680. The van der Waals surface area contributed by atoms with E-state index in [1.807, 2.05) is 6.92 Å². The summed E-state index contributed by atoms with van der Waals surface area (Å²) in [6.07, 6.45) is 1.16. The Hall–Kier alpha value is -2.37. The molecule has 2 rings (SSSR count). The minimum absolute atomic E-state index is 0.0109. The first-order chi connectivity index (χ1) is 11.2. The second kappa shape index (κ2) is 6.63. The average molecular weight is 333 g/mol. The zero-order valence-corrected chi connectivity index (χ0v) is 14.7. The largest absolute Gasteiger partial charge is 0.476 e. The number of rotatable bonds is 5. The van der Waals surface area contributed by atoms with Crippen molar-refractivity contribution in [2.45, 2.75) is 52.2 Å². The number of esters is 1. The van der Waals surface area contributed by atoms with Gasteiger partial charge in [0, 0.05) is 12.0 Å². The third-order valence-electron chi connectivity index (χ3n) is 4.05. The smallest absolute Gasteiger partial charge is 0.328 e. The first-order valence-electron chi connectivity index (χ1n) is 8.00. The van der Waals surface area contributed by atoms with Gasteiger partial charge in [0.05, 0.1) is 12.8 Å². The Labute approximate surface area is 141 Å². The topological polar surface area (TPSA) is 72.9 Å². The number of anilines is 1. The van der Waals surface area contributed by atoms with Gasteiger partial charge in [-0.1, -0.05) is 6.92 Å². The van der Waals surface area contributed by atoms with Crippen LogP contribution in [-0.4, -0.2) is 36.4 Å². The van der Waals surface area contributed by atoms with Crippen molar-refractivity contribution >= 4 is 23.3 Å². The molecule has 0 spiro atoms. The van der Waals surface area contributed by atoms with Crippen LogP contribution in [0.3, 0.4) is 0 Å².